The van der Waals surface area contributed by atoms with E-state index < -0.39 is 0 Å². The summed E-state index contributed by atoms with van der Waals surface area (Å²) in [5.74, 6) is 0.698. The van der Waals surface area contributed by atoms with Crippen LogP contribution in [0.4, 0.5) is 0 Å². The molecule has 0 radical (unpaired) electrons. The van der Waals surface area contributed by atoms with Gasteiger partial charge in [0, 0.05) is 12.6 Å². The van der Waals surface area contributed by atoms with Crippen LogP contribution in [0.2, 0.25) is 0 Å². The second kappa shape index (κ2) is 4.43. The molecule has 2 atom stereocenters. The average Bonchev–Trinajstić information content (AvgIpc) is 2.09. The zero-order valence-electron chi connectivity index (χ0n) is 9.14. The fourth-order valence-corrected chi connectivity index (χ4v) is 1.67. The van der Waals surface area contributed by atoms with Gasteiger partial charge in [0.25, 0.3) is 0 Å². The van der Waals surface area contributed by atoms with Crippen LogP contribution in [0.25, 0.3) is 0 Å². The summed E-state index contributed by atoms with van der Waals surface area (Å²) in [6.07, 6.45) is 4.35. The highest BCUT2D eigenvalue weighted by molar-refractivity contribution is 4.90. The van der Waals surface area contributed by atoms with Gasteiger partial charge in [-0.3, -0.25) is 0 Å². The molecule has 0 saturated heterocycles. The molecule has 1 fully saturated rings. The third kappa shape index (κ3) is 2.96. The van der Waals surface area contributed by atoms with Gasteiger partial charge < -0.3 is 10.4 Å². The lowest BCUT2D eigenvalue weighted by molar-refractivity contribution is -0.0339. The van der Waals surface area contributed by atoms with Gasteiger partial charge in [-0.25, -0.2) is 0 Å². The lowest BCUT2D eigenvalue weighted by Gasteiger charge is -2.38. The predicted octanol–water partition coefficient (Wildman–Crippen LogP) is 1.93. The Morgan fingerprint density at radius 1 is 1.38 bits per heavy atom. The summed E-state index contributed by atoms with van der Waals surface area (Å²) in [6.45, 7) is 7.44. The van der Waals surface area contributed by atoms with Crippen LogP contribution in [0.1, 0.15) is 46.5 Å². The number of hydrogen-bond donors (Lipinski definition) is 2. The lowest BCUT2D eigenvalue weighted by Crippen LogP contribution is -2.49. The Bertz CT molecular complexity index is 154. The van der Waals surface area contributed by atoms with Crippen LogP contribution in [-0.4, -0.2) is 23.3 Å². The lowest BCUT2D eigenvalue weighted by atomic mass is 9.80. The highest BCUT2D eigenvalue weighted by Crippen LogP contribution is 2.30. The molecule has 13 heavy (non-hydrogen) atoms. The smallest absolute Gasteiger partial charge is 0.0771 e. The van der Waals surface area contributed by atoms with E-state index in [4.69, 9.17) is 0 Å². The molecule has 2 unspecified atom stereocenters. The molecule has 2 nitrogen and oxygen atoms in total. The van der Waals surface area contributed by atoms with Crippen LogP contribution in [-0.2, 0) is 0 Å². The van der Waals surface area contributed by atoms with Crippen LogP contribution >= 0.6 is 0 Å². The summed E-state index contributed by atoms with van der Waals surface area (Å²) in [7, 11) is 0. The Morgan fingerprint density at radius 3 is 2.38 bits per heavy atom. The maximum atomic E-state index is 9.85. The first-order valence-electron chi connectivity index (χ1n) is 5.53. The Labute approximate surface area is 81.7 Å². The van der Waals surface area contributed by atoms with Crippen LogP contribution in [0.3, 0.4) is 0 Å². The first-order chi connectivity index (χ1) is 6.07. The molecule has 0 aromatic rings. The molecule has 1 aliphatic carbocycles. The molecule has 0 bridgehead atoms. The molecule has 0 amide bonds. The minimum atomic E-state index is -0.373. The van der Waals surface area contributed by atoms with Crippen molar-refractivity contribution >= 4 is 0 Å². The molecule has 0 aromatic heterocycles. The Kier molecular flexibility index (Phi) is 3.74. The molecular formula is C11H23NO. The molecule has 2 N–H and O–H groups in total. The van der Waals surface area contributed by atoms with Crippen LogP contribution < -0.4 is 5.32 Å². The quantitative estimate of drug-likeness (QED) is 0.686. The summed E-state index contributed by atoms with van der Waals surface area (Å²) in [5.41, 5.74) is -0.373. The summed E-state index contributed by atoms with van der Waals surface area (Å²) < 4.78 is 0. The molecule has 0 aromatic carbocycles. The van der Waals surface area contributed by atoms with Gasteiger partial charge in [0.2, 0.25) is 0 Å². The van der Waals surface area contributed by atoms with Crippen LogP contribution in [0.15, 0.2) is 0 Å². The number of rotatable bonds is 5. The summed E-state index contributed by atoms with van der Waals surface area (Å²) in [6, 6.07) is 0.523. The van der Waals surface area contributed by atoms with Crippen molar-refractivity contribution in [2.24, 2.45) is 5.92 Å². The summed E-state index contributed by atoms with van der Waals surface area (Å²) in [5, 5.41) is 13.3. The van der Waals surface area contributed by atoms with Gasteiger partial charge in [-0.15, -0.1) is 0 Å². The van der Waals surface area contributed by atoms with E-state index in [1.165, 1.54) is 12.8 Å². The van der Waals surface area contributed by atoms with Crippen molar-refractivity contribution in [1.29, 1.82) is 0 Å². The van der Waals surface area contributed by atoms with Crippen molar-refractivity contribution in [2.45, 2.75) is 58.1 Å². The second-order valence-electron chi connectivity index (χ2n) is 4.63. The molecule has 0 spiro atoms. The van der Waals surface area contributed by atoms with Gasteiger partial charge in [0.15, 0.2) is 0 Å². The van der Waals surface area contributed by atoms with E-state index in [2.05, 4.69) is 26.1 Å². The van der Waals surface area contributed by atoms with Gasteiger partial charge in [-0.1, -0.05) is 20.3 Å². The monoisotopic (exact) mass is 185 g/mol. The molecule has 78 valence electrons. The van der Waals surface area contributed by atoms with Crippen LogP contribution in [0.5, 0.6) is 0 Å². The highest BCUT2D eigenvalue weighted by Gasteiger charge is 2.34. The van der Waals surface area contributed by atoms with Crippen molar-refractivity contribution in [3.8, 4) is 0 Å². The molecule has 1 aliphatic rings. The van der Waals surface area contributed by atoms with E-state index in [1.54, 1.807) is 0 Å². The van der Waals surface area contributed by atoms with Crippen molar-refractivity contribution in [2.75, 3.05) is 6.54 Å². The Balaban J connectivity index is 2.17. The third-order valence-corrected chi connectivity index (χ3v) is 3.53. The minimum Gasteiger partial charge on any atom is -0.389 e. The van der Waals surface area contributed by atoms with Gasteiger partial charge in [-0.2, -0.15) is 0 Å². The zero-order chi connectivity index (χ0) is 9.90. The summed E-state index contributed by atoms with van der Waals surface area (Å²) >= 11 is 0. The van der Waals surface area contributed by atoms with Crippen molar-refractivity contribution in [3.05, 3.63) is 0 Å². The SMILES string of the molecule is CCC(C)C(C)NCC1(O)CCC1. The Morgan fingerprint density at radius 2 is 2.00 bits per heavy atom. The molecule has 2 heteroatoms. The maximum absolute atomic E-state index is 9.85. The first-order valence-corrected chi connectivity index (χ1v) is 5.53. The highest BCUT2D eigenvalue weighted by atomic mass is 16.3. The fraction of sp³-hybridized carbons (Fsp3) is 1.00. The van der Waals surface area contributed by atoms with E-state index in [0.29, 0.717) is 12.0 Å². The molecule has 1 rings (SSSR count). The van der Waals surface area contributed by atoms with Crippen molar-refractivity contribution in [3.63, 3.8) is 0 Å². The van der Waals surface area contributed by atoms with Gasteiger partial charge in [0.05, 0.1) is 5.60 Å². The van der Waals surface area contributed by atoms with Crippen LogP contribution in [0, 0.1) is 5.92 Å². The topological polar surface area (TPSA) is 32.3 Å². The van der Waals surface area contributed by atoms with E-state index in [0.717, 1.165) is 19.4 Å². The third-order valence-electron chi connectivity index (χ3n) is 3.53. The molecule has 1 saturated carbocycles. The fourth-order valence-electron chi connectivity index (χ4n) is 1.67. The van der Waals surface area contributed by atoms with E-state index >= 15 is 0 Å². The van der Waals surface area contributed by atoms with E-state index in [-0.39, 0.29) is 5.60 Å². The number of hydrogen-bond acceptors (Lipinski definition) is 2. The van der Waals surface area contributed by atoms with Crippen molar-refractivity contribution in [1.82, 2.24) is 5.32 Å². The maximum Gasteiger partial charge on any atom is 0.0771 e. The predicted molar refractivity (Wildman–Crippen MR) is 55.7 cm³/mol. The first kappa shape index (κ1) is 11.0. The molecular weight excluding hydrogens is 162 g/mol. The molecule has 0 aliphatic heterocycles. The Hall–Kier alpha value is -0.0800. The van der Waals surface area contributed by atoms with Gasteiger partial charge in [0.1, 0.15) is 0 Å². The van der Waals surface area contributed by atoms with E-state index in [1.807, 2.05) is 0 Å². The zero-order valence-corrected chi connectivity index (χ0v) is 9.14. The van der Waals surface area contributed by atoms with Gasteiger partial charge in [-0.05, 0) is 32.1 Å². The minimum absolute atomic E-state index is 0.373. The van der Waals surface area contributed by atoms with E-state index in [9.17, 15) is 5.11 Å². The molecule has 0 heterocycles. The summed E-state index contributed by atoms with van der Waals surface area (Å²) in [4.78, 5) is 0. The van der Waals surface area contributed by atoms with Gasteiger partial charge >= 0.3 is 0 Å². The largest absolute Gasteiger partial charge is 0.389 e. The second-order valence-corrected chi connectivity index (χ2v) is 4.63. The number of aliphatic hydroxyl groups is 1. The average molecular weight is 185 g/mol. The number of nitrogens with one attached hydrogen (secondary N) is 1. The standard InChI is InChI=1S/C11H23NO/c1-4-9(2)10(3)12-8-11(13)6-5-7-11/h9-10,12-13H,4-8H2,1-3H3. The van der Waals surface area contributed by atoms with Crippen molar-refractivity contribution < 1.29 is 5.11 Å². The normalized spacial score (nSPS) is 24.9.